The second-order valence-electron chi connectivity index (χ2n) is 2.51. The summed E-state index contributed by atoms with van der Waals surface area (Å²) in [7, 11) is 0. The Kier molecular flexibility index (Phi) is 3.45. The molecule has 1 heterocycles. The van der Waals surface area contributed by atoms with E-state index in [4.69, 9.17) is 0 Å². The van der Waals surface area contributed by atoms with Gasteiger partial charge in [0, 0.05) is 19.0 Å². The van der Waals surface area contributed by atoms with Gasteiger partial charge in [-0.25, -0.2) is 0 Å². The Morgan fingerprint density at radius 1 is 1.64 bits per heavy atom. The van der Waals surface area contributed by atoms with Crippen molar-refractivity contribution in [3.63, 3.8) is 0 Å². The van der Waals surface area contributed by atoms with Crippen molar-refractivity contribution < 1.29 is 0 Å². The van der Waals surface area contributed by atoms with E-state index in [1.165, 1.54) is 12.8 Å². The lowest BCUT2D eigenvalue weighted by molar-refractivity contribution is 0.810. The van der Waals surface area contributed by atoms with Crippen LogP contribution in [-0.2, 0) is 0 Å². The molecule has 1 aromatic rings. The van der Waals surface area contributed by atoms with Crippen molar-refractivity contribution >= 4 is 6.21 Å². The number of aromatic amines is 1. The summed E-state index contributed by atoms with van der Waals surface area (Å²) >= 11 is 0. The number of aliphatic imine (C=N–C) groups is 1. The number of nitrogens with one attached hydrogen (secondary N) is 1. The summed E-state index contributed by atoms with van der Waals surface area (Å²) in [6, 6.07) is 3.98. The number of unbranched alkanes of at least 4 members (excludes halogenated alkanes) is 1. The number of hydrogen-bond donors (Lipinski definition) is 1. The van der Waals surface area contributed by atoms with E-state index in [1.54, 1.807) is 0 Å². The first-order valence-corrected chi connectivity index (χ1v) is 4.06. The molecule has 1 aromatic heterocycles. The molecule has 0 aromatic carbocycles. The average Bonchev–Trinajstić information content (AvgIpc) is 2.50. The maximum absolute atomic E-state index is 4.25. The van der Waals surface area contributed by atoms with Crippen LogP contribution in [0.3, 0.4) is 0 Å². The molecule has 11 heavy (non-hydrogen) atoms. The maximum atomic E-state index is 4.25. The lowest BCUT2D eigenvalue weighted by Crippen LogP contribution is -1.83. The Morgan fingerprint density at radius 2 is 2.55 bits per heavy atom. The van der Waals surface area contributed by atoms with Crippen LogP contribution in [-0.4, -0.2) is 17.7 Å². The highest BCUT2D eigenvalue weighted by atomic mass is 14.7. The van der Waals surface area contributed by atoms with Gasteiger partial charge in [0.1, 0.15) is 0 Å². The van der Waals surface area contributed by atoms with Crippen LogP contribution in [0.2, 0.25) is 0 Å². The molecular weight excluding hydrogens is 136 g/mol. The van der Waals surface area contributed by atoms with Gasteiger partial charge >= 0.3 is 0 Å². The molecule has 0 atom stereocenters. The second kappa shape index (κ2) is 4.72. The van der Waals surface area contributed by atoms with Crippen LogP contribution in [0.5, 0.6) is 0 Å². The topological polar surface area (TPSA) is 28.1 Å². The summed E-state index contributed by atoms with van der Waals surface area (Å²) in [5.74, 6) is 0. The minimum atomic E-state index is 0.940. The van der Waals surface area contributed by atoms with Crippen LogP contribution in [0.15, 0.2) is 23.3 Å². The Morgan fingerprint density at radius 3 is 3.18 bits per heavy atom. The smallest absolute Gasteiger partial charge is 0.0561 e. The normalized spacial score (nSPS) is 11.0. The van der Waals surface area contributed by atoms with Crippen LogP contribution in [0, 0.1) is 0 Å². The molecule has 0 spiro atoms. The van der Waals surface area contributed by atoms with Gasteiger partial charge < -0.3 is 4.98 Å². The highest BCUT2D eigenvalue weighted by molar-refractivity contribution is 5.76. The molecule has 0 fully saturated rings. The van der Waals surface area contributed by atoms with E-state index in [9.17, 15) is 0 Å². The number of aromatic nitrogens is 1. The number of rotatable bonds is 4. The highest BCUT2D eigenvalue weighted by Gasteiger charge is 1.83. The molecule has 0 amide bonds. The van der Waals surface area contributed by atoms with Gasteiger partial charge in [-0.1, -0.05) is 13.3 Å². The molecule has 60 valence electrons. The molecule has 0 aliphatic carbocycles. The van der Waals surface area contributed by atoms with Crippen molar-refractivity contribution in [2.75, 3.05) is 6.54 Å². The Bertz CT molecular complexity index is 199. The molecule has 0 radical (unpaired) electrons. The molecule has 2 heteroatoms. The minimum absolute atomic E-state index is 0.940. The van der Waals surface area contributed by atoms with Gasteiger partial charge in [0.25, 0.3) is 0 Å². The van der Waals surface area contributed by atoms with E-state index in [0.29, 0.717) is 0 Å². The first kappa shape index (κ1) is 8.05. The van der Waals surface area contributed by atoms with E-state index in [0.717, 1.165) is 12.2 Å². The van der Waals surface area contributed by atoms with Gasteiger partial charge in [-0.2, -0.15) is 0 Å². The standard InChI is InChI=1S/C9H14N2/c1-2-3-6-10-8-9-5-4-7-11-9/h4-5,7-8,11H,2-3,6H2,1H3. The van der Waals surface area contributed by atoms with Crippen LogP contribution >= 0.6 is 0 Å². The first-order valence-electron chi connectivity index (χ1n) is 4.06. The van der Waals surface area contributed by atoms with Gasteiger partial charge in [-0.05, 0) is 18.6 Å². The summed E-state index contributed by atoms with van der Waals surface area (Å²) in [6.45, 7) is 3.11. The summed E-state index contributed by atoms with van der Waals surface area (Å²) in [5.41, 5.74) is 1.08. The maximum Gasteiger partial charge on any atom is 0.0561 e. The first-order chi connectivity index (χ1) is 5.43. The fraction of sp³-hybridized carbons (Fsp3) is 0.444. The Hall–Kier alpha value is -1.05. The minimum Gasteiger partial charge on any atom is -0.360 e. The number of nitrogens with zero attached hydrogens (tertiary/aromatic N) is 1. The molecule has 1 rings (SSSR count). The summed E-state index contributed by atoms with van der Waals surface area (Å²) in [4.78, 5) is 7.31. The summed E-state index contributed by atoms with van der Waals surface area (Å²) in [6.07, 6.45) is 6.18. The third-order valence-electron chi connectivity index (χ3n) is 1.49. The molecule has 0 bridgehead atoms. The third-order valence-corrected chi connectivity index (χ3v) is 1.49. The SMILES string of the molecule is CCCCN=Cc1ccc[nH]1. The van der Waals surface area contributed by atoms with Crippen molar-refractivity contribution in [1.82, 2.24) is 4.98 Å². The molecule has 1 N–H and O–H groups in total. The van der Waals surface area contributed by atoms with Gasteiger partial charge in [0.05, 0.1) is 5.69 Å². The highest BCUT2D eigenvalue weighted by Crippen LogP contribution is 1.91. The van der Waals surface area contributed by atoms with Gasteiger partial charge in [0.2, 0.25) is 0 Å². The average molecular weight is 150 g/mol. The van der Waals surface area contributed by atoms with E-state index in [1.807, 2.05) is 24.5 Å². The van der Waals surface area contributed by atoms with Gasteiger partial charge in [-0.15, -0.1) is 0 Å². The lowest BCUT2D eigenvalue weighted by atomic mass is 10.3. The van der Waals surface area contributed by atoms with E-state index < -0.39 is 0 Å². The molecule has 0 aliphatic rings. The van der Waals surface area contributed by atoms with E-state index in [2.05, 4.69) is 16.9 Å². The number of hydrogen-bond acceptors (Lipinski definition) is 1. The fourth-order valence-electron chi connectivity index (χ4n) is 0.837. The zero-order valence-corrected chi connectivity index (χ0v) is 6.88. The van der Waals surface area contributed by atoms with Crippen LogP contribution < -0.4 is 0 Å². The Labute approximate surface area is 67.4 Å². The summed E-state index contributed by atoms with van der Waals surface area (Å²) < 4.78 is 0. The molecular formula is C9H14N2. The quantitative estimate of drug-likeness (QED) is 0.503. The van der Waals surface area contributed by atoms with Crippen molar-refractivity contribution in [1.29, 1.82) is 0 Å². The lowest BCUT2D eigenvalue weighted by Gasteiger charge is -1.88. The Balaban J connectivity index is 2.25. The largest absolute Gasteiger partial charge is 0.360 e. The van der Waals surface area contributed by atoms with Gasteiger partial charge in [0.15, 0.2) is 0 Å². The van der Waals surface area contributed by atoms with Crippen LogP contribution in [0.1, 0.15) is 25.5 Å². The monoisotopic (exact) mass is 150 g/mol. The summed E-state index contributed by atoms with van der Waals surface area (Å²) in [5, 5.41) is 0. The molecule has 0 saturated heterocycles. The molecule has 0 aliphatic heterocycles. The number of H-pyrrole nitrogens is 1. The molecule has 0 unspecified atom stereocenters. The van der Waals surface area contributed by atoms with Crippen molar-refractivity contribution in [3.8, 4) is 0 Å². The van der Waals surface area contributed by atoms with Crippen LogP contribution in [0.4, 0.5) is 0 Å². The van der Waals surface area contributed by atoms with Crippen molar-refractivity contribution in [2.24, 2.45) is 4.99 Å². The van der Waals surface area contributed by atoms with Crippen molar-refractivity contribution in [2.45, 2.75) is 19.8 Å². The fourth-order valence-corrected chi connectivity index (χ4v) is 0.837. The van der Waals surface area contributed by atoms with E-state index in [-0.39, 0.29) is 0 Å². The van der Waals surface area contributed by atoms with Crippen molar-refractivity contribution in [3.05, 3.63) is 24.0 Å². The van der Waals surface area contributed by atoms with E-state index >= 15 is 0 Å². The third kappa shape index (κ3) is 3.03. The molecule has 0 saturated carbocycles. The van der Waals surface area contributed by atoms with Gasteiger partial charge in [-0.3, -0.25) is 4.99 Å². The molecule has 2 nitrogen and oxygen atoms in total. The zero-order chi connectivity index (χ0) is 7.94. The second-order valence-corrected chi connectivity index (χ2v) is 2.51. The van der Waals surface area contributed by atoms with Crippen LogP contribution in [0.25, 0.3) is 0 Å². The predicted octanol–water partition coefficient (Wildman–Crippen LogP) is 2.23. The zero-order valence-electron chi connectivity index (χ0n) is 6.88. The predicted molar refractivity (Wildman–Crippen MR) is 48.2 cm³/mol.